The molecule has 1 saturated heterocycles. The molecular weight excluding hydrogens is 270 g/mol. The molecule has 1 aliphatic heterocycles. The zero-order chi connectivity index (χ0) is 14.9. The minimum atomic E-state index is -0.381. The third kappa shape index (κ3) is 2.72. The second-order valence-corrected chi connectivity index (χ2v) is 6.40. The molecule has 0 amide bonds. The van der Waals surface area contributed by atoms with Crippen LogP contribution in [-0.2, 0) is 15.1 Å². The van der Waals surface area contributed by atoms with Crippen molar-refractivity contribution in [3.05, 3.63) is 11.7 Å². The van der Waals surface area contributed by atoms with E-state index in [1.807, 2.05) is 7.05 Å². The summed E-state index contributed by atoms with van der Waals surface area (Å²) in [4.78, 5) is 4.67. The van der Waals surface area contributed by atoms with Crippen LogP contribution in [0.5, 0.6) is 0 Å². The molecule has 4 unspecified atom stereocenters. The predicted molar refractivity (Wildman–Crippen MR) is 77.0 cm³/mol. The summed E-state index contributed by atoms with van der Waals surface area (Å²) in [5.41, 5.74) is -0.381. The number of rotatable bonds is 4. The van der Waals surface area contributed by atoms with Crippen LogP contribution < -0.4 is 5.32 Å². The molecule has 1 aromatic rings. The molecular formula is C15H25N3O3. The molecule has 1 N–H and O–H groups in total. The summed E-state index contributed by atoms with van der Waals surface area (Å²) in [5, 5.41) is 7.48. The van der Waals surface area contributed by atoms with Gasteiger partial charge in [0, 0.05) is 13.2 Å². The summed E-state index contributed by atoms with van der Waals surface area (Å²) in [6.45, 7) is 3.57. The van der Waals surface area contributed by atoms with Crippen LogP contribution in [0.4, 0.5) is 0 Å². The Labute approximate surface area is 125 Å². The van der Waals surface area contributed by atoms with Crippen LogP contribution in [0.2, 0.25) is 0 Å². The number of likely N-dealkylation sites (N-methyl/N-ethyl adjacent to an activating group) is 1. The first kappa shape index (κ1) is 14.9. The fourth-order valence-corrected chi connectivity index (χ4v) is 3.64. The number of hydrogen-bond donors (Lipinski definition) is 1. The summed E-state index contributed by atoms with van der Waals surface area (Å²) >= 11 is 0. The molecule has 2 heterocycles. The van der Waals surface area contributed by atoms with E-state index in [0.29, 0.717) is 30.8 Å². The highest BCUT2D eigenvalue weighted by Crippen LogP contribution is 2.41. The Morgan fingerprint density at radius 2 is 2.24 bits per heavy atom. The number of methoxy groups -OCH3 is 1. The fraction of sp³-hybridized carbons (Fsp3) is 0.867. The van der Waals surface area contributed by atoms with Crippen molar-refractivity contribution in [2.75, 3.05) is 27.4 Å². The van der Waals surface area contributed by atoms with E-state index in [-0.39, 0.29) is 17.6 Å². The van der Waals surface area contributed by atoms with Crippen LogP contribution >= 0.6 is 0 Å². The van der Waals surface area contributed by atoms with Gasteiger partial charge in [-0.2, -0.15) is 4.98 Å². The Morgan fingerprint density at radius 3 is 2.95 bits per heavy atom. The van der Waals surface area contributed by atoms with Crippen molar-refractivity contribution in [1.29, 1.82) is 0 Å². The normalized spacial score (nSPS) is 37.0. The van der Waals surface area contributed by atoms with E-state index in [0.717, 1.165) is 19.3 Å². The van der Waals surface area contributed by atoms with Crippen molar-refractivity contribution in [2.45, 2.75) is 50.2 Å². The van der Waals surface area contributed by atoms with Crippen molar-refractivity contribution >= 4 is 0 Å². The zero-order valence-electron chi connectivity index (χ0n) is 13.1. The van der Waals surface area contributed by atoms with Gasteiger partial charge in [0.15, 0.2) is 0 Å². The maximum atomic E-state index is 5.83. The SMILES string of the molecule is CNC1COCC1c1nc(C2(OC)CCCC(C)C2)no1. The molecule has 1 aliphatic carbocycles. The maximum Gasteiger partial charge on any atom is 0.233 e. The van der Waals surface area contributed by atoms with E-state index < -0.39 is 0 Å². The lowest BCUT2D eigenvalue weighted by molar-refractivity contribution is -0.0658. The van der Waals surface area contributed by atoms with Gasteiger partial charge in [-0.1, -0.05) is 18.5 Å². The largest absolute Gasteiger partial charge is 0.379 e. The Kier molecular flexibility index (Phi) is 4.28. The van der Waals surface area contributed by atoms with E-state index in [1.165, 1.54) is 6.42 Å². The molecule has 3 rings (SSSR count). The van der Waals surface area contributed by atoms with Gasteiger partial charge in [0.2, 0.25) is 11.7 Å². The molecule has 0 radical (unpaired) electrons. The molecule has 118 valence electrons. The Morgan fingerprint density at radius 1 is 1.38 bits per heavy atom. The van der Waals surface area contributed by atoms with Gasteiger partial charge in [-0.3, -0.25) is 0 Å². The Bertz CT molecular complexity index is 478. The molecule has 2 aliphatic rings. The molecule has 1 aromatic heterocycles. The van der Waals surface area contributed by atoms with Crippen LogP contribution in [0.3, 0.4) is 0 Å². The molecule has 2 fully saturated rings. The quantitative estimate of drug-likeness (QED) is 0.914. The number of nitrogens with zero attached hydrogens (tertiary/aromatic N) is 2. The van der Waals surface area contributed by atoms with E-state index >= 15 is 0 Å². The monoisotopic (exact) mass is 295 g/mol. The molecule has 0 bridgehead atoms. The molecule has 6 nitrogen and oxygen atoms in total. The van der Waals surface area contributed by atoms with E-state index in [2.05, 4.69) is 22.4 Å². The first-order chi connectivity index (χ1) is 10.2. The van der Waals surface area contributed by atoms with Crippen LogP contribution in [0.15, 0.2) is 4.52 Å². The smallest absolute Gasteiger partial charge is 0.233 e. The van der Waals surface area contributed by atoms with Gasteiger partial charge in [0.1, 0.15) is 5.60 Å². The summed E-state index contributed by atoms with van der Waals surface area (Å²) in [5.74, 6) is 2.12. The fourth-order valence-electron chi connectivity index (χ4n) is 3.64. The molecule has 4 atom stereocenters. The van der Waals surface area contributed by atoms with Crippen LogP contribution in [0.1, 0.15) is 50.2 Å². The van der Waals surface area contributed by atoms with Crippen molar-refractivity contribution in [3.8, 4) is 0 Å². The molecule has 0 aromatic carbocycles. The second kappa shape index (κ2) is 6.02. The number of aromatic nitrogens is 2. The first-order valence-electron chi connectivity index (χ1n) is 7.83. The third-order valence-electron chi connectivity index (χ3n) is 4.96. The number of nitrogens with one attached hydrogen (secondary N) is 1. The maximum absolute atomic E-state index is 5.83. The third-order valence-corrected chi connectivity index (χ3v) is 4.96. The average molecular weight is 295 g/mol. The van der Waals surface area contributed by atoms with Crippen LogP contribution in [-0.4, -0.2) is 43.6 Å². The van der Waals surface area contributed by atoms with Crippen molar-refractivity contribution in [2.24, 2.45) is 5.92 Å². The Hall–Kier alpha value is -0.980. The Balaban J connectivity index is 1.83. The highest BCUT2D eigenvalue weighted by Gasteiger charge is 2.42. The topological polar surface area (TPSA) is 69.4 Å². The van der Waals surface area contributed by atoms with Gasteiger partial charge >= 0.3 is 0 Å². The standard InChI is InChI=1S/C15H25N3O3/c1-10-5-4-6-15(7-10,19-3)14-17-13(21-18-14)11-8-20-9-12(11)16-2/h10-12,16H,4-9H2,1-3H3. The van der Waals surface area contributed by atoms with Crippen molar-refractivity contribution < 1.29 is 14.0 Å². The van der Waals surface area contributed by atoms with Crippen molar-refractivity contribution in [3.63, 3.8) is 0 Å². The molecule has 1 saturated carbocycles. The van der Waals surface area contributed by atoms with E-state index in [9.17, 15) is 0 Å². The molecule has 21 heavy (non-hydrogen) atoms. The van der Waals surface area contributed by atoms with Crippen LogP contribution in [0.25, 0.3) is 0 Å². The van der Waals surface area contributed by atoms with Gasteiger partial charge in [-0.15, -0.1) is 0 Å². The minimum Gasteiger partial charge on any atom is -0.379 e. The van der Waals surface area contributed by atoms with Gasteiger partial charge in [0.05, 0.1) is 19.1 Å². The predicted octanol–water partition coefficient (Wildman–Crippen LogP) is 1.82. The molecule has 6 heteroatoms. The highest BCUT2D eigenvalue weighted by atomic mass is 16.5. The highest BCUT2D eigenvalue weighted by molar-refractivity contribution is 5.08. The summed E-state index contributed by atoms with van der Waals surface area (Å²) in [6.07, 6.45) is 4.31. The second-order valence-electron chi connectivity index (χ2n) is 6.40. The van der Waals surface area contributed by atoms with Gasteiger partial charge in [-0.05, 0) is 32.2 Å². The van der Waals surface area contributed by atoms with E-state index in [4.69, 9.17) is 14.0 Å². The van der Waals surface area contributed by atoms with Crippen molar-refractivity contribution in [1.82, 2.24) is 15.5 Å². The van der Waals surface area contributed by atoms with Gasteiger partial charge in [0.25, 0.3) is 0 Å². The average Bonchev–Trinajstić information content (AvgIpc) is 3.15. The summed E-state index contributed by atoms with van der Waals surface area (Å²) in [7, 11) is 3.69. The van der Waals surface area contributed by atoms with E-state index in [1.54, 1.807) is 7.11 Å². The lowest BCUT2D eigenvalue weighted by Gasteiger charge is -2.36. The minimum absolute atomic E-state index is 0.131. The number of ether oxygens (including phenoxy) is 2. The lowest BCUT2D eigenvalue weighted by Crippen LogP contribution is -2.35. The summed E-state index contributed by atoms with van der Waals surface area (Å²) in [6, 6.07) is 0.238. The first-order valence-corrected chi connectivity index (χ1v) is 7.83. The number of hydrogen-bond acceptors (Lipinski definition) is 6. The van der Waals surface area contributed by atoms with Crippen LogP contribution in [0, 0.1) is 5.92 Å². The zero-order valence-corrected chi connectivity index (χ0v) is 13.1. The molecule has 0 spiro atoms. The van der Waals surface area contributed by atoms with Gasteiger partial charge < -0.3 is 19.3 Å². The lowest BCUT2D eigenvalue weighted by atomic mass is 9.78. The summed E-state index contributed by atoms with van der Waals surface area (Å²) < 4.78 is 16.9. The van der Waals surface area contributed by atoms with Gasteiger partial charge in [-0.25, -0.2) is 0 Å².